The second-order valence-corrected chi connectivity index (χ2v) is 7.31. The molecule has 2 atom stereocenters. The van der Waals surface area contributed by atoms with Gasteiger partial charge < -0.3 is 20.4 Å². The summed E-state index contributed by atoms with van der Waals surface area (Å²) in [6, 6.07) is 1.31. The third kappa shape index (κ3) is 4.48. The summed E-state index contributed by atoms with van der Waals surface area (Å²) in [7, 11) is 0. The number of carbonyl (C=O) groups excluding carboxylic acids is 1. The molecule has 0 fully saturated rings. The first-order valence-electron chi connectivity index (χ1n) is 9.27. The predicted octanol–water partition coefficient (Wildman–Crippen LogP) is 4.53. The van der Waals surface area contributed by atoms with E-state index in [0.717, 1.165) is 12.1 Å². The smallest absolute Gasteiger partial charge is 0.319 e. The first kappa shape index (κ1) is 20.7. The van der Waals surface area contributed by atoms with Crippen LogP contribution in [-0.4, -0.2) is 27.2 Å². The fourth-order valence-electron chi connectivity index (χ4n) is 3.13. The van der Waals surface area contributed by atoms with Crippen molar-refractivity contribution in [2.24, 2.45) is 10.9 Å². The Morgan fingerprint density at radius 2 is 1.97 bits per heavy atom. The van der Waals surface area contributed by atoms with Crippen molar-refractivity contribution in [1.82, 2.24) is 20.3 Å². The maximum atomic E-state index is 14.7. The van der Waals surface area contributed by atoms with Crippen molar-refractivity contribution in [1.29, 1.82) is 0 Å². The molecule has 0 aliphatic carbocycles. The molecular weight excluding hydrogens is 430 g/mol. The third-order valence-electron chi connectivity index (χ3n) is 4.62. The number of aromatic nitrogens is 3. The molecule has 4 rings (SSSR count). The molecule has 2 amide bonds. The number of halogens is 3. The zero-order valence-corrected chi connectivity index (χ0v) is 17.0. The van der Waals surface area contributed by atoms with Gasteiger partial charge in [-0.05, 0) is 0 Å². The number of ether oxygens (including phenoxy) is 1. The standard InChI is InChI=1S/C20H17ClF2N6O2/c1-10-4-26-19-16(13(21)8-27-19)17(10)31-18-14(22)2-12(3-15(18)23)29-20(30)28-7-11-5-24-9-25-6-11/h2-6,8-10,17,27H,7H2,1H3,(H2,28,29,30). The highest BCUT2D eigenvalue weighted by Gasteiger charge is 2.31. The average molecular weight is 447 g/mol. The van der Waals surface area contributed by atoms with Gasteiger partial charge in [-0.25, -0.2) is 28.5 Å². The zero-order valence-electron chi connectivity index (χ0n) is 16.2. The van der Waals surface area contributed by atoms with Gasteiger partial charge in [0.05, 0.1) is 10.6 Å². The average Bonchev–Trinajstić information content (AvgIpc) is 3.12. The van der Waals surface area contributed by atoms with Crippen molar-refractivity contribution in [2.45, 2.75) is 19.6 Å². The van der Waals surface area contributed by atoms with Crippen LogP contribution in [0.15, 0.2) is 42.0 Å². The minimum absolute atomic E-state index is 0.0669. The lowest BCUT2D eigenvalue weighted by Crippen LogP contribution is -2.28. The second kappa shape index (κ2) is 8.68. The van der Waals surface area contributed by atoms with Crippen LogP contribution in [0.3, 0.4) is 0 Å². The zero-order chi connectivity index (χ0) is 22.0. The van der Waals surface area contributed by atoms with Gasteiger partial charge in [-0.2, -0.15) is 0 Å². The lowest BCUT2D eigenvalue weighted by Gasteiger charge is -2.26. The van der Waals surface area contributed by atoms with E-state index in [-0.39, 0.29) is 18.2 Å². The topological polar surface area (TPSA) is 104 Å². The summed E-state index contributed by atoms with van der Waals surface area (Å²) >= 11 is 6.19. The van der Waals surface area contributed by atoms with Crippen LogP contribution in [0.4, 0.5) is 25.1 Å². The number of amides is 2. The van der Waals surface area contributed by atoms with Crippen LogP contribution in [-0.2, 0) is 6.54 Å². The van der Waals surface area contributed by atoms with Crippen LogP contribution in [0, 0.1) is 17.6 Å². The number of fused-ring (bicyclic) bond motifs is 1. The van der Waals surface area contributed by atoms with Crippen molar-refractivity contribution in [3.63, 3.8) is 0 Å². The van der Waals surface area contributed by atoms with Crippen molar-refractivity contribution in [2.75, 3.05) is 5.32 Å². The number of hydrogen-bond acceptors (Lipinski definition) is 5. The van der Waals surface area contributed by atoms with Crippen LogP contribution >= 0.6 is 11.6 Å². The molecule has 1 aromatic carbocycles. The van der Waals surface area contributed by atoms with E-state index in [1.165, 1.54) is 24.9 Å². The van der Waals surface area contributed by atoms with E-state index in [4.69, 9.17) is 16.3 Å². The number of nitrogens with one attached hydrogen (secondary N) is 3. The number of hydrogen-bond donors (Lipinski definition) is 3. The van der Waals surface area contributed by atoms with Gasteiger partial charge in [0, 0.05) is 60.7 Å². The van der Waals surface area contributed by atoms with E-state index in [2.05, 4.69) is 30.6 Å². The van der Waals surface area contributed by atoms with E-state index >= 15 is 0 Å². The number of aromatic amines is 1. The molecule has 0 spiro atoms. The number of carbonyl (C=O) groups is 1. The molecule has 31 heavy (non-hydrogen) atoms. The van der Waals surface area contributed by atoms with Gasteiger partial charge in [0.2, 0.25) is 0 Å². The molecule has 8 nitrogen and oxygen atoms in total. The quantitative estimate of drug-likeness (QED) is 0.535. The number of benzene rings is 1. The monoisotopic (exact) mass is 446 g/mol. The number of rotatable bonds is 5. The number of H-pyrrole nitrogens is 1. The van der Waals surface area contributed by atoms with E-state index in [0.29, 0.717) is 22.0 Å². The SMILES string of the molecule is CC1C=Nc2[nH]cc(Cl)c2C1Oc1c(F)cc(NC(=O)NCc2cncnc2)cc1F. The molecule has 3 heterocycles. The molecule has 2 aromatic heterocycles. The highest BCUT2D eigenvalue weighted by Crippen LogP contribution is 2.42. The van der Waals surface area contributed by atoms with Gasteiger partial charge in [-0.15, -0.1) is 0 Å². The van der Waals surface area contributed by atoms with Crippen molar-refractivity contribution < 1.29 is 18.3 Å². The fourth-order valence-corrected chi connectivity index (χ4v) is 3.38. The van der Waals surface area contributed by atoms with Crippen molar-refractivity contribution >= 4 is 35.4 Å². The minimum atomic E-state index is -0.963. The largest absolute Gasteiger partial charge is 0.479 e. The maximum absolute atomic E-state index is 14.7. The van der Waals surface area contributed by atoms with E-state index in [1.54, 1.807) is 13.1 Å². The second-order valence-electron chi connectivity index (χ2n) is 6.90. The lowest BCUT2D eigenvalue weighted by atomic mass is 9.97. The van der Waals surface area contributed by atoms with E-state index in [1.807, 2.05) is 0 Å². The molecule has 11 heteroatoms. The minimum Gasteiger partial charge on any atom is -0.479 e. The molecule has 0 bridgehead atoms. The Balaban J connectivity index is 1.47. The van der Waals surface area contributed by atoms with Gasteiger partial charge >= 0.3 is 6.03 Å². The number of anilines is 1. The number of urea groups is 1. The molecule has 0 saturated carbocycles. The Kier molecular flexibility index (Phi) is 5.81. The number of nitrogens with zero attached hydrogens (tertiary/aromatic N) is 3. The van der Waals surface area contributed by atoms with Crippen molar-refractivity contribution in [3.8, 4) is 5.75 Å². The highest BCUT2D eigenvalue weighted by molar-refractivity contribution is 6.31. The summed E-state index contributed by atoms with van der Waals surface area (Å²) in [5, 5.41) is 5.29. The van der Waals surface area contributed by atoms with Gasteiger partial charge in [-0.1, -0.05) is 18.5 Å². The molecular formula is C20H17ClF2N6O2. The lowest BCUT2D eigenvalue weighted by molar-refractivity contribution is 0.160. The van der Waals surface area contributed by atoms with Gasteiger partial charge in [0.15, 0.2) is 17.4 Å². The van der Waals surface area contributed by atoms with Crippen LogP contribution in [0.1, 0.15) is 24.2 Å². The highest BCUT2D eigenvalue weighted by atomic mass is 35.5. The van der Waals surface area contributed by atoms with Crippen LogP contribution in [0.2, 0.25) is 5.02 Å². The summed E-state index contributed by atoms with van der Waals surface area (Å²) in [6.45, 7) is 1.95. The van der Waals surface area contributed by atoms with Crippen molar-refractivity contribution in [3.05, 3.63) is 64.8 Å². The van der Waals surface area contributed by atoms with Crippen LogP contribution < -0.4 is 15.4 Å². The Bertz CT molecular complexity index is 1110. The molecule has 160 valence electrons. The molecule has 3 N–H and O–H groups in total. The Morgan fingerprint density at radius 1 is 1.26 bits per heavy atom. The Hall–Kier alpha value is -3.53. The van der Waals surface area contributed by atoms with E-state index < -0.39 is 29.5 Å². The van der Waals surface area contributed by atoms with Gasteiger partial charge in [0.25, 0.3) is 0 Å². The molecule has 0 radical (unpaired) electrons. The Morgan fingerprint density at radius 3 is 2.68 bits per heavy atom. The molecule has 2 unspecified atom stereocenters. The predicted molar refractivity (Wildman–Crippen MR) is 111 cm³/mol. The first-order valence-corrected chi connectivity index (χ1v) is 9.65. The van der Waals surface area contributed by atoms with Crippen LogP contribution in [0.25, 0.3) is 0 Å². The molecule has 3 aromatic rings. The summed E-state index contributed by atoms with van der Waals surface area (Å²) in [4.78, 5) is 26.8. The van der Waals surface area contributed by atoms with Gasteiger partial charge in [-0.3, -0.25) is 0 Å². The van der Waals surface area contributed by atoms with E-state index in [9.17, 15) is 13.6 Å². The van der Waals surface area contributed by atoms with Gasteiger partial charge in [0.1, 0.15) is 18.2 Å². The molecule has 0 saturated heterocycles. The maximum Gasteiger partial charge on any atom is 0.319 e. The summed E-state index contributed by atoms with van der Waals surface area (Å²) in [6.07, 6.45) is 6.87. The first-order chi connectivity index (χ1) is 14.9. The molecule has 1 aliphatic heterocycles. The van der Waals surface area contributed by atoms with Crippen LogP contribution in [0.5, 0.6) is 5.75 Å². The summed E-state index contributed by atoms with van der Waals surface area (Å²) < 4.78 is 35.0. The summed E-state index contributed by atoms with van der Waals surface area (Å²) in [5.41, 5.74) is 1.14. The fraction of sp³-hybridized carbons (Fsp3) is 0.200. The molecule has 1 aliphatic rings. The Labute approximate surface area is 180 Å². The third-order valence-corrected chi connectivity index (χ3v) is 4.93. The normalized spacial score (nSPS) is 17.2. The number of aliphatic imine (C=N–C) groups is 1. The summed E-state index contributed by atoms with van der Waals surface area (Å²) in [5.74, 6) is -2.29.